The predicted octanol–water partition coefficient (Wildman–Crippen LogP) is 4.88. The number of Topliss-reactive ketones (excluding diaryl/α,β-unsaturated/α-hetero) is 1. The second kappa shape index (κ2) is 4.30. The second-order valence-electron chi connectivity index (χ2n) is 7.15. The molecule has 0 heterocycles. The molecular formula is C17H18ClFO. The Morgan fingerprint density at radius 3 is 2.20 bits per heavy atom. The molecule has 1 nitrogen and oxygen atoms in total. The van der Waals surface area contributed by atoms with Crippen LogP contribution in [0.3, 0.4) is 0 Å². The highest BCUT2D eigenvalue weighted by molar-refractivity contribution is 6.34. The Balaban J connectivity index is 1.73. The van der Waals surface area contributed by atoms with Gasteiger partial charge in [-0.15, -0.1) is 0 Å². The molecule has 1 aromatic carbocycles. The van der Waals surface area contributed by atoms with Crippen molar-refractivity contribution < 1.29 is 9.18 Å². The molecule has 0 aliphatic heterocycles. The minimum Gasteiger partial charge on any atom is -0.293 e. The maximum absolute atomic E-state index is 13.5. The van der Waals surface area contributed by atoms with Crippen molar-refractivity contribution in [3.8, 4) is 0 Å². The molecule has 0 N–H and O–H groups in total. The van der Waals surface area contributed by atoms with Crippen LogP contribution in [0.15, 0.2) is 18.2 Å². The van der Waals surface area contributed by atoms with Crippen molar-refractivity contribution in [1.82, 2.24) is 0 Å². The number of hydrogen-bond donors (Lipinski definition) is 0. The fourth-order valence-corrected chi connectivity index (χ4v) is 5.55. The van der Waals surface area contributed by atoms with E-state index in [2.05, 4.69) is 0 Å². The van der Waals surface area contributed by atoms with Gasteiger partial charge in [0.25, 0.3) is 0 Å². The van der Waals surface area contributed by atoms with Crippen LogP contribution in [0, 0.1) is 29.0 Å². The van der Waals surface area contributed by atoms with Gasteiger partial charge in [-0.05, 0) is 74.5 Å². The third kappa shape index (κ3) is 1.84. The zero-order chi connectivity index (χ0) is 13.9. The number of rotatable bonds is 2. The Labute approximate surface area is 123 Å². The molecule has 3 heteroatoms. The molecule has 0 saturated heterocycles. The second-order valence-corrected chi connectivity index (χ2v) is 7.56. The summed E-state index contributed by atoms with van der Waals surface area (Å²) in [6.45, 7) is 0. The average Bonchev–Trinajstić information content (AvgIpc) is 2.39. The van der Waals surface area contributed by atoms with Gasteiger partial charge >= 0.3 is 0 Å². The number of carbonyl (C=O) groups is 1. The van der Waals surface area contributed by atoms with Gasteiger partial charge in [-0.2, -0.15) is 0 Å². The van der Waals surface area contributed by atoms with E-state index in [4.69, 9.17) is 11.6 Å². The average molecular weight is 293 g/mol. The van der Waals surface area contributed by atoms with Crippen LogP contribution in [0.4, 0.5) is 4.39 Å². The quantitative estimate of drug-likeness (QED) is 0.710. The van der Waals surface area contributed by atoms with Crippen molar-refractivity contribution in [3.05, 3.63) is 34.6 Å². The first-order valence-corrected chi connectivity index (χ1v) is 7.93. The molecule has 4 aliphatic rings. The van der Waals surface area contributed by atoms with Gasteiger partial charge in [0.2, 0.25) is 0 Å². The number of hydrogen-bond acceptors (Lipinski definition) is 1. The Morgan fingerprint density at radius 2 is 1.65 bits per heavy atom. The van der Waals surface area contributed by atoms with Crippen LogP contribution < -0.4 is 0 Å². The summed E-state index contributed by atoms with van der Waals surface area (Å²) < 4.78 is 13.5. The Bertz CT molecular complexity index is 545. The van der Waals surface area contributed by atoms with Crippen LogP contribution in [0.5, 0.6) is 0 Å². The van der Waals surface area contributed by atoms with Gasteiger partial charge in [0.05, 0.1) is 5.02 Å². The lowest BCUT2D eigenvalue weighted by molar-refractivity contribution is -0.0353. The molecule has 0 amide bonds. The highest BCUT2D eigenvalue weighted by atomic mass is 35.5. The molecule has 0 spiro atoms. The molecule has 0 unspecified atom stereocenters. The lowest BCUT2D eigenvalue weighted by atomic mass is 9.48. The zero-order valence-electron chi connectivity index (χ0n) is 11.4. The first-order valence-electron chi connectivity index (χ1n) is 7.56. The number of benzene rings is 1. The fraction of sp³-hybridized carbons (Fsp3) is 0.588. The van der Waals surface area contributed by atoms with E-state index in [9.17, 15) is 9.18 Å². The summed E-state index contributed by atoms with van der Waals surface area (Å²) >= 11 is 6.14. The van der Waals surface area contributed by atoms with Gasteiger partial charge in [0.15, 0.2) is 5.78 Å². The summed E-state index contributed by atoms with van der Waals surface area (Å²) in [6.07, 6.45) is 6.86. The minimum absolute atomic E-state index is 0.0982. The normalized spacial score (nSPS) is 38.2. The molecule has 106 valence electrons. The van der Waals surface area contributed by atoms with E-state index in [1.807, 2.05) is 0 Å². The molecule has 4 bridgehead atoms. The summed E-state index contributed by atoms with van der Waals surface area (Å²) in [5.74, 6) is 1.84. The van der Waals surface area contributed by atoms with E-state index in [0.717, 1.165) is 19.3 Å². The van der Waals surface area contributed by atoms with E-state index in [1.165, 1.54) is 37.5 Å². The van der Waals surface area contributed by atoms with Crippen molar-refractivity contribution in [2.45, 2.75) is 38.5 Å². The monoisotopic (exact) mass is 292 g/mol. The van der Waals surface area contributed by atoms with Gasteiger partial charge in [0.1, 0.15) is 5.82 Å². The van der Waals surface area contributed by atoms with Gasteiger partial charge in [0, 0.05) is 11.0 Å². The minimum atomic E-state index is -0.373. The largest absolute Gasteiger partial charge is 0.293 e. The lowest BCUT2D eigenvalue weighted by Crippen LogP contribution is -2.50. The summed E-state index contributed by atoms with van der Waals surface area (Å²) in [4.78, 5) is 13.0. The van der Waals surface area contributed by atoms with Gasteiger partial charge in [-0.3, -0.25) is 4.79 Å². The van der Waals surface area contributed by atoms with E-state index < -0.39 is 0 Å². The fourth-order valence-electron chi connectivity index (χ4n) is 5.35. The van der Waals surface area contributed by atoms with Crippen LogP contribution in [-0.2, 0) is 0 Å². The molecule has 4 saturated carbocycles. The first-order chi connectivity index (χ1) is 9.56. The standard InChI is InChI=1S/C17H18ClFO/c18-15-2-1-13(19)6-14(15)16(20)17-7-10-3-11(8-17)5-12(4-10)9-17/h1-2,6,10-12H,3-5,7-9H2. The Morgan fingerprint density at radius 1 is 1.10 bits per heavy atom. The summed E-state index contributed by atoms with van der Waals surface area (Å²) in [7, 11) is 0. The smallest absolute Gasteiger partial charge is 0.170 e. The van der Waals surface area contributed by atoms with Crippen LogP contribution in [0.1, 0.15) is 48.9 Å². The maximum atomic E-state index is 13.5. The van der Waals surface area contributed by atoms with Crippen molar-refractivity contribution >= 4 is 17.4 Å². The molecule has 4 aliphatic carbocycles. The molecule has 0 aromatic heterocycles. The molecule has 4 fully saturated rings. The highest BCUT2D eigenvalue weighted by Gasteiger charge is 2.54. The summed E-state index contributed by atoms with van der Waals surface area (Å²) in [5.41, 5.74) is 0.153. The third-order valence-electron chi connectivity index (χ3n) is 5.69. The summed E-state index contributed by atoms with van der Waals surface area (Å²) in [6, 6.07) is 4.15. The van der Waals surface area contributed by atoms with Gasteiger partial charge < -0.3 is 0 Å². The van der Waals surface area contributed by atoms with Crippen molar-refractivity contribution in [1.29, 1.82) is 0 Å². The van der Waals surface area contributed by atoms with E-state index in [0.29, 0.717) is 28.3 Å². The molecule has 0 atom stereocenters. The summed E-state index contributed by atoms with van der Waals surface area (Å²) in [5, 5.41) is 0.396. The van der Waals surface area contributed by atoms with E-state index >= 15 is 0 Å². The van der Waals surface area contributed by atoms with Crippen LogP contribution in [0.2, 0.25) is 5.02 Å². The Kier molecular flexibility index (Phi) is 2.76. The van der Waals surface area contributed by atoms with Crippen LogP contribution in [0.25, 0.3) is 0 Å². The number of ketones is 1. The van der Waals surface area contributed by atoms with Crippen molar-refractivity contribution in [2.75, 3.05) is 0 Å². The van der Waals surface area contributed by atoms with Gasteiger partial charge in [-0.25, -0.2) is 4.39 Å². The topological polar surface area (TPSA) is 17.1 Å². The molecule has 1 aromatic rings. The highest BCUT2D eigenvalue weighted by Crippen LogP contribution is 2.61. The first kappa shape index (κ1) is 12.8. The van der Waals surface area contributed by atoms with E-state index in [1.54, 1.807) is 0 Å². The van der Waals surface area contributed by atoms with Crippen molar-refractivity contribution in [3.63, 3.8) is 0 Å². The molecular weight excluding hydrogens is 275 g/mol. The van der Waals surface area contributed by atoms with Crippen molar-refractivity contribution in [2.24, 2.45) is 23.2 Å². The SMILES string of the molecule is O=C(c1cc(F)ccc1Cl)C12CC3CC(CC(C3)C1)C2. The molecule has 0 radical (unpaired) electrons. The van der Waals surface area contributed by atoms with Gasteiger partial charge in [-0.1, -0.05) is 11.6 Å². The van der Waals surface area contributed by atoms with Crippen LogP contribution >= 0.6 is 11.6 Å². The predicted molar refractivity (Wildman–Crippen MR) is 76.3 cm³/mol. The molecule has 20 heavy (non-hydrogen) atoms. The third-order valence-corrected chi connectivity index (χ3v) is 6.02. The van der Waals surface area contributed by atoms with Crippen LogP contribution in [-0.4, -0.2) is 5.78 Å². The lowest BCUT2D eigenvalue weighted by Gasteiger charge is -2.56. The molecule has 5 rings (SSSR count). The maximum Gasteiger partial charge on any atom is 0.170 e. The Hall–Kier alpha value is -0.890. The van der Waals surface area contributed by atoms with E-state index in [-0.39, 0.29) is 17.0 Å². The number of carbonyl (C=O) groups excluding carboxylic acids is 1. The zero-order valence-corrected chi connectivity index (χ0v) is 12.1. The number of halogens is 2.